The van der Waals surface area contributed by atoms with E-state index in [0.29, 0.717) is 6.54 Å². The zero-order chi connectivity index (χ0) is 18.3. The van der Waals surface area contributed by atoms with E-state index in [0.717, 1.165) is 29.3 Å². The lowest BCUT2D eigenvalue weighted by atomic mass is 10.2. The minimum atomic E-state index is 0.0226. The van der Waals surface area contributed by atoms with E-state index in [4.69, 9.17) is 0 Å². The van der Waals surface area contributed by atoms with Crippen molar-refractivity contribution in [1.82, 2.24) is 25.4 Å². The van der Waals surface area contributed by atoms with Crippen LogP contribution in [0.5, 0.6) is 0 Å². The van der Waals surface area contributed by atoms with Crippen LogP contribution in [-0.4, -0.2) is 38.6 Å². The van der Waals surface area contributed by atoms with Crippen molar-refractivity contribution in [3.63, 3.8) is 0 Å². The van der Waals surface area contributed by atoms with Crippen molar-refractivity contribution in [1.29, 1.82) is 0 Å². The lowest BCUT2D eigenvalue weighted by Crippen LogP contribution is -2.43. The smallest absolute Gasteiger partial charge is 0.191 e. The quantitative estimate of drug-likeness (QED) is 0.405. The van der Waals surface area contributed by atoms with Crippen LogP contribution in [0.2, 0.25) is 0 Å². The topological polar surface area (TPSA) is 67.1 Å². The second kappa shape index (κ2) is 9.24. The average molecular weight is 425 g/mol. The fourth-order valence-corrected chi connectivity index (χ4v) is 3.42. The SMILES string of the molecule is CCNC(=NCc1nncn1C)NCC(C)(C)Sc1ccc(Br)cc1. The first-order valence-corrected chi connectivity index (χ1v) is 9.80. The average Bonchev–Trinajstić information content (AvgIpc) is 2.97. The van der Waals surface area contributed by atoms with E-state index in [1.54, 1.807) is 6.33 Å². The molecule has 25 heavy (non-hydrogen) atoms. The summed E-state index contributed by atoms with van der Waals surface area (Å²) >= 11 is 5.31. The number of guanidine groups is 1. The van der Waals surface area contributed by atoms with Crippen molar-refractivity contribution in [2.75, 3.05) is 13.1 Å². The molecule has 1 aromatic heterocycles. The molecule has 0 spiro atoms. The molecule has 2 N–H and O–H groups in total. The maximum absolute atomic E-state index is 4.59. The summed E-state index contributed by atoms with van der Waals surface area (Å²) in [5.41, 5.74) is 0. The summed E-state index contributed by atoms with van der Waals surface area (Å²) in [5, 5.41) is 14.6. The molecule has 2 aromatic rings. The van der Waals surface area contributed by atoms with Crippen LogP contribution in [-0.2, 0) is 13.6 Å². The summed E-state index contributed by atoms with van der Waals surface area (Å²) in [6, 6.07) is 8.39. The maximum atomic E-state index is 4.59. The van der Waals surface area contributed by atoms with Gasteiger partial charge in [-0.3, -0.25) is 0 Å². The molecule has 0 saturated carbocycles. The molecule has 0 saturated heterocycles. The Morgan fingerprint density at radius 2 is 2.00 bits per heavy atom. The highest BCUT2D eigenvalue weighted by molar-refractivity contribution is 9.10. The Hall–Kier alpha value is -1.54. The number of nitrogens with one attached hydrogen (secondary N) is 2. The zero-order valence-corrected chi connectivity index (χ0v) is 17.5. The van der Waals surface area contributed by atoms with Gasteiger partial charge in [0, 0.05) is 34.3 Å². The lowest BCUT2D eigenvalue weighted by Gasteiger charge is -2.25. The summed E-state index contributed by atoms with van der Waals surface area (Å²) in [6.07, 6.45) is 1.68. The third kappa shape index (κ3) is 6.70. The standard InChI is InChI=1S/C17H25BrN6S/c1-5-19-16(20-10-15-23-22-12-24(15)4)21-11-17(2,3)25-14-8-6-13(18)7-9-14/h6-9,12H,5,10-11H2,1-4H3,(H2,19,20,21). The molecule has 1 heterocycles. The normalized spacial score (nSPS) is 12.3. The second-order valence-electron chi connectivity index (χ2n) is 6.22. The van der Waals surface area contributed by atoms with Crippen LogP contribution in [0.4, 0.5) is 0 Å². The Bertz CT molecular complexity index is 695. The molecule has 0 amide bonds. The number of nitrogens with zero attached hydrogens (tertiary/aromatic N) is 4. The molecule has 8 heteroatoms. The molecule has 0 aliphatic rings. The van der Waals surface area contributed by atoms with Crippen molar-refractivity contribution >= 4 is 33.7 Å². The molecule has 0 aliphatic carbocycles. The fraction of sp³-hybridized carbons (Fsp3) is 0.471. The van der Waals surface area contributed by atoms with Gasteiger partial charge in [-0.2, -0.15) is 0 Å². The number of aliphatic imine (C=N–C) groups is 1. The Kier molecular flexibility index (Phi) is 7.31. The van der Waals surface area contributed by atoms with E-state index in [9.17, 15) is 0 Å². The molecule has 0 bridgehead atoms. The third-order valence-corrected chi connectivity index (χ3v) is 5.15. The number of hydrogen-bond acceptors (Lipinski definition) is 4. The number of aromatic nitrogens is 3. The number of rotatable bonds is 7. The van der Waals surface area contributed by atoms with Crippen molar-refractivity contribution in [2.24, 2.45) is 12.0 Å². The van der Waals surface area contributed by atoms with Crippen LogP contribution in [0, 0.1) is 0 Å². The van der Waals surface area contributed by atoms with Crippen molar-refractivity contribution in [3.05, 3.63) is 40.9 Å². The predicted octanol–water partition coefficient (Wildman–Crippen LogP) is 3.20. The molecule has 2 rings (SSSR count). The highest BCUT2D eigenvalue weighted by Crippen LogP contribution is 2.32. The summed E-state index contributed by atoms with van der Waals surface area (Å²) in [5.74, 6) is 1.62. The van der Waals surface area contributed by atoms with E-state index < -0.39 is 0 Å². The van der Waals surface area contributed by atoms with Crippen molar-refractivity contribution in [2.45, 2.75) is 37.0 Å². The summed E-state index contributed by atoms with van der Waals surface area (Å²) in [4.78, 5) is 5.84. The molecule has 1 aromatic carbocycles. The van der Waals surface area contributed by atoms with Gasteiger partial charge in [0.05, 0.1) is 0 Å². The number of benzene rings is 1. The number of thioether (sulfide) groups is 1. The minimum Gasteiger partial charge on any atom is -0.357 e. The summed E-state index contributed by atoms with van der Waals surface area (Å²) in [6.45, 7) is 8.59. The maximum Gasteiger partial charge on any atom is 0.191 e. The highest BCUT2D eigenvalue weighted by Gasteiger charge is 2.20. The zero-order valence-electron chi connectivity index (χ0n) is 15.1. The van der Waals surface area contributed by atoms with Gasteiger partial charge in [-0.25, -0.2) is 4.99 Å². The fourth-order valence-electron chi connectivity index (χ4n) is 2.10. The van der Waals surface area contributed by atoms with Gasteiger partial charge in [0.15, 0.2) is 11.8 Å². The van der Waals surface area contributed by atoms with E-state index in [1.165, 1.54) is 4.90 Å². The van der Waals surface area contributed by atoms with Crippen LogP contribution in [0.15, 0.2) is 45.0 Å². The number of hydrogen-bond donors (Lipinski definition) is 2. The van der Waals surface area contributed by atoms with Gasteiger partial charge >= 0.3 is 0 Å². The van der Waals surface area contributed by atoms with E-state index in [-0.39, 0.29) is 4.75 Å². The van der Waals surface area contributed by atoms with E-state index in [2.05, 4.69) is 86.8 Å². The largest absolute Gasteiger partial charge is 0.357 e. The van der Waals surface area contributed by atoms with Crippen molar-refractivity contribution in [3.8, 4) is 0 Å². The van der Waals surface area contributed by atoms with Crippen LogP contribution < -0.4 is 10.6 Å². The Labute approximate surface area is 162 Å². The monoisotopic (exact) mass is 424 g/mol. The molecular weight excluding hydrogens is 400 g/mol. The Morgan fingerprint density at radius 1 is 1.28 bits per heavy atom. The van der Waals surface area contributed by atoms with Crippen LogP contribution in [0.1, 0.15) is 26.6 Å². The van der Waals surface area contributed by atoms with Gasteiger partial charge in [-0.1, -0.05) is 15.9 Å². The van der Waals surface area contributed by atoms with Crippen LogP contribution in [0.25, 0.3) is 0 Å². The lowest BCUT2D eigenvalue weighted by molar-refractivity contribution is 0.661. The predicted molar refractivity (Wildman–Crippen MR) is 108 cm³/mol. The van der Waals surface area contributed by atoms with Crippen LogP contribution >= 0.6 is 27.7 Å². The first kappa shape index (κ1) is 19.8. The van der Waals surface area contributed by atoms with Gasteiger partial charge < -0.3 is 15.2 Å². The molecule has 0 fully saturated rings. The summed E-state index contributed by atoms with van der Waals surface area (Å²) < 4.78 is 2.99. The molecule has 136 valence electrons. The molecule has 6 nitrogen and oxygen atoms in total. The molecule has 0 unspecified atom stereocenters. The highest BCUT2D eigenvalue weighted by atomic mass is 79.9. The van der Waals surface area contributed by atoms with Gasteiger partial charge in [0.25, 0.3) is 0 Å². The third-order valence-electron chi connectivity index (χ3n) is 3.42. The van der Waals surface area contributed by atoms with Gasteiger partial charge in [-0.05, 0) is 45.0 Å². The summed E-state index contributed by atoms with van der Waals surface area (Å²) in [7, 11) is 1.92. The molecule has 0 aliphatic heterocycles. The van der Waals surface area contributed by atoms with Crippen molar-refractivity contribution < 1.29 is 0 Å². The Balaban J connectivity index is 1.94. The molecular formula is C17H25BrN6S. The van der Waals surface area contributed by atoms with E-state index >= 15 is 0 Å². The van der Waals surface area contributed by atoms with Gasteiger partial charge in [0.2, 0.25) is 0 Å². The number of halogens is 1. The molecule has 0 radical (unpaired) electrons. The van der Waals surface area contributed by atoms with Gasteiger partial charge in [-0.15, -0.1) is 22.0 Å². The number of aryl methyl sites for hydroxylation is 1. The van der Waals surface area contributed by atoms with Gasteiger partial charge in [0.1, 0.15) is 12.9 Å². The first-order valence-electron chi connectivity index (χ1n) is 8.19. The Morgan fingerprint density at radius 3 is 2.60 bits per heavy atom. The first-order chi connectivity index (χ1) is 11.9. The van der Waals surface area contributed by atoms with E-state index in [1.807, 2.05) is 23.4 Å². The second-order valence-corrected chi connectivity index (χ2v) is 8.92. The van der Waals surface area contributed by atoms with Crippen LogP contribution in [0.3, 0.4) is 0 Å². The molecule has 0 atom stereocenters. The minimum absolute atomic E-state index is 0.0226.